The average molecular weight is 286 g/mol. The summed E-state index contributed by atoms with van der Waals surface area (Å²) in [7, 11) is 2.30. The Labute approximate surface area is 129 Å². The van der Waals surface area contributed by atoms with Crippen LogP contribution in [0.1, 0.15) is 62.1 Å². The van der Waals surface area contributed by atoms with Gasteiger partial charge in [-0.25, -0.2) is 0 Å². The number of hydrogen-bond donors (Lipinski definition) is 1. The molecule has 1 aromatic rings. The molecular weight excluding hydrogens is 256 g/mol. The molecule has 2 aliphatic rings. The molecular formula is C19H30N2. The van der Waals surface area contributed by atoms with Crippen LogP contribution >= 0.6 is 0 Å². The third-order valence-corrected chi connectivity index (χ3v) is 5.61. The molecule has 0 bridgehead atoms. The second-order valence-corrected chi connectivity index (χ2v) is 7.13. The first-order valence-corrected chi connectivity index (χ1v) is 8.79. The van der Waals surface area contributed by atoms with E-state index in [0.29, 0.717) is 6.04 Å². The lowest BCUT2D eigenvalue weighted by molar-refractivity contribution is 0.155. The van der Waals surface area contributed by atoms with Crippen LogP contribution in [0.15, 0.2) is 24.3 Å². The molecule has 0 saturated heterocycles. The first kappa shape index (κ1) is 15.1. The molecule has 0 radical (unpaired) electrons. The van der Waals surface area contributed by atoms with Gasteiger partial charge in [0.1, 0.15) is 0 Å². The largest absolute Gasteiger partial charge is 0.323 e. The maximum Gasteiger partial charge on any atom is 0.0455 e. The molecule has 1 saturated carbocycles. The Morgan fingerprint density at radius 1 is 1.05 bits per heavy atom. The molecule has 3 rings (SSSR count). The molecule has 2 N–H and O–H groups in total. The van der Waals surface area contributed by atoms with Crippen LogP contribution in [-0.2, 0) is 6.42 Å². The molecule has 0 aliphatic heterocycles. The number of likely N-dealkylation sites (N-methyl/N-ethyl adjacent to an activating group) is 1. The lowest BCUT2D eigenvalue weighted by Gasteiger charge is -2.35. The van der Waals surface area contributed by atoms with Crippen LogP contribution in [0.3, 0.4) is 0 Å². The van der Waals surface area contributed by atoms with Gasteiger partial charge in [0, 0.05) is 18.6 Å². The van der Waals surface area contributed by atoms with E-state index in [1.165, 1.54) is 69.0 Å². The molecule has 0 heterocycles. The van der Waals surface area contributed by atoms with Crippen molar-refractivity contribution in [2.45, 2.75) is 63.5 Å². The fourth-order valence-electron chi connectivity index (χ4n) is 4.38. The normalized spacial score (nSPS) is 27.4. The van der Waals surface area contributed by atoms with Crippen LogP contribution in [0.25, 0.3) is 0 Å². The summed E-state index contributed by atoms with van der Waals surface area (Å²) in [4.78, 5) is 2.57. The molecule has 2 unspecified atom stereocenters. The average Bonchev–Trinajstić information content (AvgIpc) is 2.68. The highest BCUT2D eigenvalue weighted by Gasteiger charge is 2.29. The summed E-state index contributed by atoms with van der Waals surface area (Å²) >= 11 is 0. The standard InChI is InChI=1S/C19H30N2/c1-21(14-15-8-3-2-4-9-15)18-13-7-11-16-10-5-6-12-17(16)19(18)20/h5-6,10,12,15,18-19H,2-4,7-9,11,13-14,20H2,1H3. The maximum absolute atomic E-state index is 6.65. The SMILES string of the molecule is CN(CC1CCCCC1)C1CCCc2ccccc2C1N. The van der Waals surface area contributed by atoms with Gasteiger partial charge in [0.25, 0.3) is 0 Å². The zero-order valence-electron chi connectivity index (χ0n) is 13.4. The molecule has 2 atom stereocenters. The Kier molecular flexibility index (Phi) is 4.97. The molecule has 2 aliphatic carbocycles. The van der Waals surface area contributed by atoms with Gasteiger partial charge in [0.05, 0.1) is 0 Å². The van der Waals surface area contributed by atoms with Crippen LogP contribution in [0.5, 0.6) is 0 Å². The van der Waals surface area contributed by atoms with Crippen molar-refractivity contribution in [3.63, 3.8) is 0 Å². The van der Waals surface area contributed by atoms with Crippen molar-refractivity contribution in [3.8, 4) is 0 Å². The Bertz CT molecular complexity index is 451. The van der Waals surface area contributed by atoms with E-state index in [-0.39, 0.29) is 6.04 Å². The summed E-state index contributed by atoms with van der Waals surface area (Å²) < 4.78 is 0. The zero-order valence-corrected chi connectivity index (χ0v) is 13.4. The summed E-state index contributed by atoms with van der Waals surface area (Å²) in [5, 5.41) is 0. The Hall–Kier alpha value is -0.860. The van der Waals surface area contributed by atoms with E-state index in [4.69, 9.17) is 5.73 Å². The molecule has 2 heteroatoms. The number of hydrogen-bond acceptors (Lipinski definition) is 2. The zero-order chi connectivity index (χ0) is 14.7. The quantitative estimate of drug-likeness (QED) is 0.854. The topological polar surface area (TPSA) is 29.3 Å². The van der Waals surface area contributed by atoms with Crippen molar-refractivity contribution >= 4 is 0 Å². The highest BCUT2D eigenvalue weighted by molar-refractivity contribution is 5.32. The van der Waals surface area contributed by atoms with E-state index in [0.717, 1.165) is 5.92 Å². The minimum Gasteiger partial charge on any atom is -0.323 e. The van der Waals surface area contributed by atoms with Crippen molar-refractivity contribution < 1.29 is 0 Å². The highest BCUT2D eigenvalue weighted by Crippen LogP contribution is 2.31. The Morgan fingerprint density at radius 3 is 2.62 bits per heavy atom. The predicted molar refractivity (Wildman–Crippen MR) is 89.3 cm³/mol. The van der Waals surface area contributed by atoms with Gasteiger partial charge < -0.3 is 10.6 Å². The van der Waals surface area contributed by atoms with Crippen LogP contribution < -0.4 is 5.73 Å². The fraction of sp³-hybridized carbons (Fsp3) is 0.684. The van der Waals surface area contributed by atoms with Crippen LogP contribution in [0.2, 0.25) is 0 Å². The van der Waals surface area contributed by atoms with Gasteiger partial charge in [-0.3, -0.25) is 0 Å². The predicted octanol–water partition coefficient (Wildman–Crippen LogP) is 3.90. The number of aryl methyl sites for hydroxylation is 1. The number of nitrogens with zero attached hydrogens (tertiary/aromatic N) is 1. The Morgan fingerprint density at radius 2 is 1.81 bits per heavy atom. The van der Waals surface area contributed by atoms with Crippen LogP contribution in [0, 0.1) is 5.92 Å². The second kappa shape index (κ2) is 6.93. The minimum atomic E-state index is 0.178. The first-order chi connectivity index (χ1) is 10.3. The van der Waals surface area contributed by atoms with Gasteiger partial charge in [-0.1, -0.05) is 43.5 Å². The van der Waals surface area contributed by atoms with E-state index in [9.17, 15) is 0 Å². The molecule has 0 aromatic heterocycles. The van der Waals surface area contributed by atoms with Gasteiger partial charge in [-0.2, -0.15) is 0 Å². The van der Waals surface area contributed by atoms with Crippen molar-refractivity contribution in [2.24, 2.45) is 11.7 Å². The summed E-state index contributed by atoms with van der Waals surface area (Å²) in [6.45, 7) is 1.24. The number of rotatable bonds is 3. The van der Waals surface area contributed by atoms with Gasteiger partial charge in [-0.15, -0.1) is 0 Å². The Balaban J connectivity index is 1.69. The van der Waals surface area contributed by atoms with Crippen molar-refractivity contribution in [2.75, 3.05) is 13.6 Å². The number of fused-ring (bicyclic) bond motifs is 1. The lowest BCUT2D eigenvalue weighted by atomic mass is 9.88. The molecule has 21 heavy (non-hydrogen) atoms. The molecule has 0 amide bonds. The third kappa shape index (κ3) is 3.49. The van der Waals surface area contributed by atoms with E-state index >= 15 is 0 Å². The van der Waals surface area contributed by atoms with Crippen LogP contribution in [-0.4, -0.2) is 24.5 Å². The summed E-state index contributed by atoms with van der Waals surface area (Å²) in [6.07, 6.45) is 10.8. The van der Waals surface area contributed by atoms with Crippen molar-refractivity contribution in [1.29, 1.82) is 0 Å². The monoisotopic (exact) mass is 286 g/mol. The molecule has 1 aromatic carbocycles. The lowest BCUT2D eigenvalue weighted by Crippen LogP contribution is -2.42. The summed E-state index contributed by atoms with van der Waals surface area (Å²) in [5.74, 6) is 0.898. The van der Waals surface area contributed by atoms with Gasteiger partial charge >= 0.3 is 0 Å². The smallest absolute Gasteiger partial charge is 0.0455 e. The second-order valence-electron chi connectivity index (χ2n) is 7.13. The van der Waals surface area contributed by atoms with Gasteiger partial charge in [0.15, 0.2) is 0 Å². The molecule has 116 valence electrons. The van der Waals surface area contributed by atoms with Crippen molar-refractivity contribution in [3.05, 3.63) is 35.4 Å². The van der Waals surface area contributed by atoms with Crippen molar-refractivity contribution in [1.82, 2.24) is 4.90 Å². The highest BCUT2D eigenvalue weighted by atomic mass is 15.1. The minimum absolute atomic E-state index is 0.178. The molecule has 0 spiro atoms. The molecule has 1 fully saturated rings. The van der Waals surface area contributed by atoms with Gasteiger partial charge in [0.2, 0.25) is 0 Å². The van der Waals surface area contributed by atoms with E-state index in [1.807, 2.05) is 0 Å². The summed E-state index contributed by atoms with van der Waals surface area (Å²) in [5.41, 5.74) is 9.51. The van der Waals surface area contributed by atoms with Crippen LogP contribution in [0.4, 0.5) is 0 Å². The fourth-order valence-corrected chi connectivity index (χ4v) is 4.38. The third-order valence-electron chi connectivity index (χ3n) is 5.61. The van der Waals surface area contributed by atoms with E-state index in [1.54, 1.807) is 0 Å². The van der Waals surface area contributed by atoms with Gasteiger partial charge in [-0.05, 0) is 56.2 Å². The molecule has 2 nitrogen and oxygen atoms in total. The van der Waals surface area contributed by atoms with E-state index in [2.05, 4.69) is 36.2 Å². The van der Waals surface area contributed by atoms with E-state index < -0.39 is 0 Å². The number of nitrogens with two attached hydrogens (primary N) is 1. The summed E-state index contributed by atoms with van der Waals surface area (Å²) in [6, 6.07) is 9.48. The first-order valence-electron chi connectivity index (χ1n) is 8.79. The number of benzene rings is 1. The maximum atomic E-state index is 6.65.